The molecule has 7 atom stereocenters. The molecule has 0 heterocycles. The molecule has 206 valence electrons. The number of rotatable bonds is 10. The number of hydrogen-bond donors (Lipinski definition) is 3. The molecule has 3 aliphatic carbocycles. The van der Waals surface area contributed by atoms with E-state index >= 15 is 0 Å². The molecule has 0 saturated heterocycles. The minimum absolute atomic E-state index is 0.0404. The van der Waals surface area contributed by atoms with E-state index in [9.17, 15) is 24.9 Å². The zero-order valence-corrected chi connectivity index (χ0v) is 23.5. The second-order valence-electron chi connectivity index (χ2n) is 12.3. The molecule has 3 aliphatic rings. The predicted octanol–water partition coefficient (Wildman–Crippen LogP) is 5.61. The van der Waals surface area contributed by atoms with Crippen LogP contribution >= 0.6 is 0 Å². The summed E-state index contributed by atoms with van der Waals surface area (Å²) >= 11 is 0. The first-order valence-electron chi connectivity index (χ1n) is 13.6. The number of aliphatic hydroxyl groups excluding tert-OH is 2. The highest BCUT2D eigenvalue weighted by molar-refractivity contribution is 5.71. The summed E-state index contributed by atoms with van der Waals surface area (Å²) in [5.74, 6) is -1.98. The first kappa shape index (κ1) is 29.4. The molecule has 37 heavy (non-hydrogen) atoms. The number of ether oxygens (including phenoxy) is 1. The minimum Gasteiger partial charge on any atom is -0.481 e. The highest BCUT2D eigenvalue weighted by Gasteiger charge is 2.65. The lowest BCUT2D eigenvalue weighted by Gasteiger charge is -2.56. The molecule has 6 heteroatoms. The number of fused-ring (bicyclic) bond motifs is 3. The third-order valence-corrected chi connectivity index (χ3v) is 10.2. The molecule has 1 saturated carbocycles. The molecular weight excluding hydrogens is 468 g/mol. The fraction of sp³-hybridized carbons (Fsp3) is 0.677. The molecule has 0 radical (unpaired) electrons. The van der Waals surface area contributed by atoms with Gasteiger partial charge in [-0.25, -0.2) is 0 Å². The van der Waals surface area contributed by atoms with E-state index in [4.69, 9.17) is 4.74 Å². The number of esters is 1. The highest BCUT2D eigenvalue weighted by Crippen LogP contribution is 2.70. The average Bonchev–Trinajstić information content (AvgIpc) is 3.05. The van der Waals surface area contributed by atoms with Gasteiger partial charge in [-0.3, -0.25) is 9.59 Å². The van der Waals surface area contributed by atoms with Crippen LogP contribution in [0.5, 0.6) is 0 Å². The van der Waals surface area contributed by atoms with E-state index in [1.54, 1.807) is 0 Å². The van der Waals surface area contributed by atoms with Crippen molar-refractivity contribution in [1.29, 1.82) is 0 Å². The van der Waals surface area contributed by atoms with Gasteiger partial charge in [-0.1, -0.05) is 56.7 Å². The number of hydrogen-bond acceptors (Lipinski definition) is 5. The molecule has 2 unspecified atom stereocenters. The number of carboxylic acids is 1. The SMILES string of the molecule is C=C(C)C1CC=C2C(=CC[C@]3(C)[C@@H](C(CC/C=C(/C)CO)C(=O)O)[C@H](O)C[C@@]23C)[C@@]1(C)CCC(=O)OC. The van der Waals surface area contributed by atoms with Gasteiger partial charge in [0.2, 0.25) is 0 Å². The van der Waals surface area contributed by atoms with Crippen molar-refractivity contribution in [1.82, 2.24) is 0 Å². The maximum absolute atomic E-state index is 12.5. The van der Waals surface area contributed by atoms with Crippen LogP contribution in [-0.4, -0.2) is 47.1 Å². The maximum Gasteiger partial charge on any atom is 0.306 e. The molecular formula is C31H46O6. The molecule has 0 spiro atoms. The Hall–Kier alpha value is -2.18. The lowest BCUT2D eigenvalue weighted by Crippen LogP contribution is -2.48. The van der Waals surface area contributed by atoms with Crippen molar-refractivity contribution < 1.29 is 29.6 Å². The number of aliphatic carboxylic acids is 1. The second kappa shape index (κ2) is 10.9. The van der Waals surface area contributed by atoms with E-state index in [1.165, 1.54) is 18.3 Å². The van der Waals surface area contributed by atoms with Crippen LogP contribution in [0.25, 0.3) is 0 Å². The van der Waals surface area contributed by atoms with Gasteiger partial charge in [-0.05, 0) is 80.3 Å². The zero-order valence-electron chi connectivity index (χ0n) is 23.5. The van der Waals surface area contributed by atoms with Crippen molar-refractivity contribution >= 4 is 11.9 Å². The minimum atomic E-state index is -0.873. The number of methoxy groups -OCH3 is 1. The van der Waals surface area contributed by atoms with Crippen LogP contribution in [0.3, 0.4) is 0 Å². The average molecular weight is 515 g/mol. The summed E-state index contributed by atoms with van der Waals surface area (Å²) in [6, 6.07) is 0. The molecule has 0 aliphatic heterocycles. The molecule has 0 bridgehead atoms. The van der Waals surface area contributed by atoms with Crippen molar-refractivity contribution in [2.24, 2.45) is 34.0 Å². The highest BCUT2D eigenvalue weighted by atomic mass is 16.5. The lowest BCUT2D eigenvalue weighted by atomic mass is 9.48. The Morgan fingerprint density at radius 2 is 1.89 bits per heavy atom. The number of carbonyl (C=O) groups excluding carboxylic acids is 1. The summed E-state index contributed by atoms with van der Waals surface area (Å²) in [4.78, 5) is 24.6. The Morgan fingerprint density at radius 3 is 2.46 bits per heavy atom. The summed E-state index contributed by atoms with van der Waals surface area (Å²) < 4.78 is 4.95. The summed E-state index contributed by atoms with van der Waals surface area (Å²) in [7, 11) is 1.42. The van der Waals surface area contributed by atoms with Crippen molar-refractivity contribution in [2.45, 2.75) is 85.7 Å². The number of aliphatic hydroxyl groups is 2. The number of carboxylic acid groups (broad SMARTS) is 1. The van der Waals surface area contributed by atoms with Crippen LogP contribution in [0.1, 0.15) is 79.6 Å². The topological polar surface area (TPSA) is 104 Å². The Balaban J connectivity index is 2.03. The van der Waals surface area contributed by atoms with Crippen molar-refractivity contribution in [3.8, 4) is 0 Å². The van der Waals surface area contributed by atoms with Crippen molar-refractivity contribution in [2.75, 3.05) is 13.7 Å². The first-order chi connectivity index (χ1) is 17.3. The van der Waals surface area contributed by atoms with Gasteiger partial charge in [-0.15, -0.1) is 0 Å². The lowest BCUT2D eigenvalue weighted by molar-refractivity contribution is -0.148. The van der Waals surface area contributed by atoms with Gasteiger partial charge in [0.05, 0.1) is 25.7 Å². The summed E-state index contributed by atoms with van der Waals surface area (Å²) in [6.07, 6.45) is 9.65. The quantitative estimate of drug-likeness (QED) is 0.259. The normalized spacial score (nSPS) is 36.1. The van der Waals surface area contributed by atoms with Crippen LogP contribution in [0.4, 0.5) is 0 Å². The van der Waals surface area contributed by atoms with E-state index < -0.39 is 34.7 Å². The van der Waals surface area contributed by atoms with E-state index in [0.29, 0.717) is 38.5 Å². The van der Waals surface area contributed by atoms with E-state index in [-0.39, 0.29) is 23.9 Å². The predicted molar refractivity (Wildman–Crippen MR) is 145 cm³/mol. The van der Waals surface area contributed by atoms with Crippen LogP contribution in [0, 0.1) is 34.0 Å². The van der Waals surface area contributed by atoms with Gasteiger partial charge in [0, 0.05) is 17.8 Å². The monoisotopic (exact) mass is 514 g/mol. The summed E-state index contributed by atoms with van der Waals surface area (Å²) in [6.45, 7) is 14.7. The molecule has 0 aromatic carbocycles. The fourth-order valence-electron chi connectivity index (χ4n) is 7.89. The van der Waals surface area contributed by atoms with Crippen molar-refractivity contribution in [3.63, 3.8) is 0 Å². The number of carbonyl (C=O) groups is 2. The van der Waals surface area contributed by atoms with Gasteiger partial charge in [0.15, 0.2) is 0 Å². The molecule has 1 fully saturated rings. The van der Waals surface area contributed by atoms with Crippen LogP contribution < -0.4 is 0 Å². The molecule has 6 nitrogen and oxygen atoms in total. The largest absolute Gasteiger partial charge is 0.481 e. The van der Waals surface area contributed by atoms with Crippen LogP contribution in [0.15, 0.2) is 47.1 Å². The van der Waals surface area contributed by atoms with Crippen LogP contribution in [0.2, 0.25) is 0 Å². The molecule has 0 aromatic heterocycles. The molecule has 0 aromatic rings. The third kappa shape index (κ3) is 4.99. The Labute approximate surface area is 222 Å². The molecule has 3 N–H and O–H groups in total. The van der Waals surface area contributed by atoms with Crippen molar-refractivity contribution in [3.05, 3.63) is 47.1 Å². The van der Waals surface area contributed by atoms with Gasteiger partial charge >= 0.3 is 11.9 Å². The Morgan fingerprint density at radius 1 is 1.22 bits per heavy atom. The first-order valence-corrected chi connectivity index (χ1v) is 13.6. The second-order valence-corrected chi connectivity index (χ2v) is 12.3. The third-order valence-electron chi connectivity index (χ3n) is 10.2. The Kier molecular flexibility index (Phi) is 8.65. The van der Waals surface area contributed by atoms with Crippen LogP contribution in [-0.2, 0) is 14.3 Å². The standard InChI is InChI=1S/C31H46O6/c1-19(2)22-11-12-24-23(29(22,4)15-14-26(34)37-7)13-16-30(5)27(25(33)17-31(24,30)6)21(28(35)36)10-8-9-20(3)18-32/h9,12-13,21-22,25,27,32-33H,1,8,10-11,14-18H2,2-7H3,(H,35,36)/b20-9-/t21?,22?,25-,27+,29+,30-,31+/m1/s1. The molecule has 0 amide bonds. The molecule has 3 rings (SSSR count). The van der Waals surface area contributed by atoms with Gasteiger partial charge in [0.1, 0.15) is 0 Å². The zero-order chi connectivity index (χ0) is 27.8. The number of allylic oxidation sites excluding steroid dienone is 6. The van der Waals surface area contributed by atoms with E-state index in [1.807, 2.05) is 13.0 Å². The van der Waals surface area contributed by atoms with E-state index in [2.05, 4.69) is 46.4 Å². The van der Waals surface area contributed by atoms with Gasteiger partial charge < -0.3 is 20.1 Å². The smallest absolute Gasteiger partial charge is 0.306 e. The summed E-state index contributed by atoms with van der Waals surface area (Å²) in [5, 5.41) is 31.0. The van der Waals surface area contributed by atoms with E-state index in [0.717, 1.165) is 17.6 Å². The summed E-state index contributed by atoms with van der Waals surface area (Å²) in [5.41, 5.74) is 3.21. The van der Waals surface area contributed by atoms with Gasteiger partial charge in [-0.2, -0.15) is 0 Å². The van der Waals surface area contributed by atoms with Gasteiger partial charge in [0.25, 0.3) is 0 Å². The Bertz CT molecular complexity index is 1020. The fourth-order valence-corrected chi connectivity index (χ4v) is 7.89. The maximum atomic E-state index is 12.5.